The van der Waals surface area contributed by atoms with Crippen molar-refractivity contribution in [3.05, 3.63) is 34.2 Å². The SMILES string of the molecule is CCCCCOc1cc(O)c2c(CCC)cc(=O)oc2c1. The lowest BCUT2D eigenvalue weighted by molar-refractivity contribution is 0.304. The number of fused-ring (bicyclic) bond motifs is 1. The van der Waals surface area contributed by atoms with Gasteiger partial charge in [0.25, 0.3) is 0 Å². The lowest BCUT2D eigenvalue weighted by Gasteiger charge is -2.10. The number of unbranched alkanes of at least 4 members (excludes halogenated alkanes) is 2. The van der Waals surface area contributed by atoms with Crippen molar-refractivity contribution in [1.82, 2.24) is 0 Å². The predicted molar refractivity (Wildman–Crippen MR) is 83.2 cm³/mol. The van der Waals surface area contributed by atoms with E-state index in [4.69, 9.17) is 9.15 Å². The average molecular weight is 290 g/mol. The highest BCUT2D eigenvalue weighted by molar-refractivity contribution is 5.87. The summed E-state index contributed by atoms with van der Waals surface area (Å²) in [4.78, 5) is 11.6. The molecule has 0 spiro atoms. The van der Waals surface area contributed by atoms with Crippen molar-refractivity contribution >= 4 is 11.0 Å². The van der Waals surface area contributed by atoms with Crippen LogP contribution in [0.3, 0.4) is 0 Å². The number of benzene rings is 1. The van der Waals surface area contributed by atoms with Crippen LogP contribution < -0.4 is 10.4 Å². The molecule has 2 aromatic rings. The van der Waals surface area contributed by atoms with Crippen molar-refractivity contribution in [1.29, 1.82) is 0 Å². The van der Waals surface area contributed by atoms with Gasteiger partial charge < -0.3 is 14.3 Å². The van der Waals surface area contributed by atoms with Gasteiger partial charge in [-0.05, 0) is 18.4 Å². The minimum absolute atomic E-state index is 0.102. The molecule has 1 N–H and O–H groups in total. The molecule has 21 heavy (non-hydrogen) atoms. The van der Waals surface area contributed by atoms with Gasteiger partial charge in [-0.25, -0.2) is 4.79 Å². The first-order valence-electron chi connectivity index (χ1n) is 7.58. The van der Waals surface area contributed by atoms with Gasteiger partial charge in [0, 0.05) is 18.2 Å². The third kappa shape index (κ3) is 3.78. The maximum atomic E-state index is 11.6. The molecule has 0 amide bonds. The molecule has 1 aromatic heterocycles. The standard InChI is InChI=1S/C17H22O4/c1-3-5-6-8-20-13-10-14(18)17-12(7-4-2)9-16(19)21-15(17)11-13/h9-11,18H,3-8H2,1-2H3. The zero-order chi connectivity index (χ0) is 15.2. The highest BCUT2D eigenvalue weighted by Gasteiger charge is 2.12. The molecule has 0 unspecified atom stereocenters. The summed E-state index contributed by atoms with van der Waals surface area (Å²) in [5, 5.41) is 10.8. The van der Waals surface area contributed by atoms with Gasteiger partial charge in [-0.2, -0.15) is 0 Å². The van der Waals surface area contributed by atoms with Gasteiger partial charge in [0.15, 0.2) is 0 Å². The smallest absolute Gasteiger partial charge is 0.336 e. The number of hydrogen-bond acceptors (Lipinski definition) is 4. The molecule has 1 heterocycles. The highest BCUT2D eigenvalue weighted by Crippen LogP contribution is 2.32. The summed E-state index contributed by atoms with van der Waals surface area (Å²) in [6.07, 6.45) is 4.83. The van der Waals surface area contributed by atoms with Crippen LogP contribution in [0.1, 0.15) is 45.1 Å². The van der Waals surface area contributed by atoms with E-state index in [2.05, 4.69) is 6.92 Å². The Balaban J connectivity index is 2.34. The monoisotopic (exact) mass is 290 g/mol. The van der Waals surface area contributed by atoms with E-state index in [9.17, 15) is 9.90 Å². The van der Waals surface area contributed by atoms with Crippen LogP contribution in [0.2, 0.25) is 0 Å². The maximum Gasteiger partial charge on any atom is 0.336 e. The molecule has 0 aliphatic rings. The minimum Gasteiger partial charge on any atom is -0.507 e. The number of aromatic hydroxyl groups is 1. The highest BCUT2D eigenvalue weighted by atomic mass is 16.5. The Labute approximate surface area is 124 Å². The van der Waals surface area contributed by atoms with E-state index in [1.807, 2.05) is 6.92 Å². The number of phenols is 1. The van der Waals surface area contributed by atoms with Crippen molar-refractivity contribution in [3.8, 4) is 11.5 Å². The van der Waals surface area contributed by atoms with Gasteiger partial charge >= 0.3 is 5.63 Å². The average Bonchev–Trinajstić information content (AvgIpc) is 2.43. The van der Waals surface area contributed by atoms with Crippen LogP contribution in [-0.4, -0.2) is 11.7 Å². The predicted octanol–water partition coefficient (Wildman–Crippen LogP) is 4.02. The minimum atomic E-state index is -0.395. The van der Waals surface area contributed by atoms with Crippen molar-refractivity contribution < 1.29 is 14.3 Å². The van der Waals surface area contributed by atoms with Crippen LogP contribution >= 0.6 is 0 Å². The lowest BCUT2D eigenvalue weighted by Crippen LogP contribution is -2.02. The molecular formula is C17H22O4. The second-order valence-electron chi connectivity index (χ2n) is 5.21. The molecule has 4 heteroatoms. The molecule has 114 valence electrons. The number of hydrogen-bond donors (Lipinski definition) is 1. The van der Waals surface area contributed by atoms with E-state index in [-0.39, 0.29) is 5.75 Å². The first kappa shape index (κ1) is 15.4. The Bertz CT molecular complexity index is 658. The summed E-state index contributed by atoms with van der Waals surface area (Å²) in [5.41, 5.74) is 0.809. The van der Waals surface area contributed by atoms with Crippen molar-refractivity contribution in [2.45, 2.75) is 46.0 Å². The van der Waals surface area contributed by atoms with E-state index < -0.39 is 5.63 Å². The normalized spacial score (nSPS) is 11.0. The molecule has 0 radical (unpaired) electrons. The lowest BCUT2D eigenvalue weighted by atomic mass is 10.0. The molecule has 0 aliphatic heterocycles. The van der Waals surface area contributed by atoms with Crippen molar-refractivity contribution in [2.75, 3.05) is 6.61 Å². The summed E-state index contributed by atoms with van der Waals surface area (Å²) < 4.78 is 10.8. The van der Waals surface area contributed by atoms with E-state index >= 15 is 0 Å². The van der Waals surface area contributed by atoms with Crippen LogP contribution in [0.4, 0.5) is 0 Å². The molecule has 1 aromatic carbocycles. The first-order chi connectivity index (χ1) is 10.2. The Morgan fingerprint density at radius 3 is 2.67 bits per heavy atom. The van der Waals surface area contributed by atoms with Gasteiger partial charge in [0.1, 0.15) is 17.1 Å². The molecule has 0 saturated carbocycles. The summed E-state index contributed by atoms with van der Waals surface area (Å²) in [5.74, 6) is 0.637. The topological polar surface area (TPSA) is 59.7 Å². The maximum absolute atomic E-state index is 11.6. The first-order valence-corrected chi connectivity index (χ1v) is 7.58. The zero-order valence-electron chi connectivity index (χ0n) is 12.6. The molecule has 0 fully saturated rings. The Hall–Kier alpha value is -1.97. The molecule has 0 aliphatic carbocycles. The fraction of sp³-hybridized carbons (Fsp3) is 0.471. The number of ether oxygens (including phenoxy) is 1. The van der Waals surface area contributed by atoms with E-state index in [0.717, 1.165) is 37.7 Å². The number of aryl methyl sites for hydroxylation is 1. The summed E-state index contributed by atoms with van der Waals surface area (Å²) in [7, 11) is 0. The van der Waals surface area contributed by atoms with Gasteiger partial charge in [-0.3, -0.25) is 0 Å². The molecule has 0 bridgehead atoms. The molecule has 2 rings (SSSR count). The van der Waals surface area contributed by atoms with Gasteiger partial charge in [0.2, 0.25) is 0 Å². The second-order valence-corrected chi connectivity index (χ2v) is 5.21. The van der Waals surface area contributed by atoms with Gasteiger partial charge in [-0.1, -0.05) is 33.1 Å². The van der Waals surface area contributed by atoms with Crippen molar-refractivity contribution in [2.24, 2.45) is 0 Å². The van der Waals surface area contributed by atoms with Crippen LogP contribution in [0.5, 0.6) is 11.5 Å². The molecule has 0 saturated heterocycles. The van der Waals surface area contributed by atoms with E-state index in [1.54, 1.807) is 12.1 Å². The van der Waals surface area contributed by atoms with Crippen LogP contribution in [0.25, 0.3) is 11.0 Å². The van der Waals surface area contributed by atoms with Crippen LogP contribution in [0.15, 0.2) is 27.4 Å². The molecular weight excluding hydrogens is 268 g/mol. The number of phenolic OH excluding ortho intramolecular Hbond substituents is 1. The Morgan fingerprint density at radius 2 is 1.95 bits per heavy atom. The second kappa shape index (κ2) is 7.16. The fourth-order valence-corrected chi connectivity index (χ4v) is 2.42. The molecule has 0 atom stereocenters. The van der Waals surface area contributed by atoms with Crippen molar-refractivity contribution in [3.63, 3.8) is 0 Å². The summed E-state index contributed by atoms with van der Waals surface area (Å²) in [6, 6.07) is 4.72. The number of rotatable bonds is 7. The Morgan fingerprint density at radius 1 is 1.14 bits per heavy atom. The quantitative estimate of drug-likeness (QED) is 0.618. The largest absolute Gasteiger partial charge is 0.507 e. The summed E-state index contributed by atoms with van der Waals surface area (Å²) >= 11 is 0. The van der Waals surface area contributed by atoms with E-state index in [0.29, 0.717) is 23.3 Å². The third-order valence-electron chi connectivity index (χ3n) is 3.41. The molecule has 4 nitrogen and oxygen atoms in total. The summed E-state index contributed by atoms with van der Waals surface area (Å²) in [6.45, 7) is 4.76. The van der Waals surface area contributed by atoms with Crippen LogP contribution in [-0.2, 0) is 6.42 Å². The van der Waals surface area contributed by atoms with E-state index in [1.165, 1.54) is 6.07 Å². The Kier molecular flexibility index (Phi) is 5.26. The zero-order valence-corrected chi connectivity index (χ0v) is 12.6. The van der Waals surface area contributed by atoms with Gasteiger partial charge in [0.05, 0.1) is 12.0 Å². The fourth-order valence-electron chi connectivity index (χ4n) is 2.42. The van der Waals surface area contributed by atoms with Crippen LogP contribution in [0, 0.1) is 0 Å². The van der Waals surface area contributed by atoms with Gasteiger partial charge in [-0.15, -0.1) is 0 Å². The third-order valence-corrected chi connectivity index (χ3v) is 3.41.